The van der Waals surface area contributed by atoms with Crippen LogP contribution in [0, 0.1) is 12.7 Å². The lowest BCUT2D eigenvalue weighted by atomic mass is 10.0. The number of benzene rings is 1. The van der Waals surface area contributed by atoms with Crippen LogP contribution in [0.25, 0.3) is 0 Å². The van der Waals surface area contributed by atoms with E-state index in [-0.39, 0.29) is 11.9 Å². The monoisotopic (exact) mass is 195 g/mol. The third-order valence-corrected chi connectivity index (χ3v) is 2.61. The van der Waals surface area contributed by atoms with Gasteiger partial charge >= 0.3 is 0 Å². The second-order valence-electron chi connectivity index (χ2n) is 3.85. The van der Waals surface area contributed by atoms with Gasteiger partial charge in [0.2, 0.25) is 0 Å². The molecule has 1 aromatic rings. The molecular weight excluding hydrogens is 181 g/mol. The second-order valence-corrected chi connectivity index (χ2v) is 3.85. The van der Waals surface area contributed by atoms with Crippen molar-refractivity contribution >= 4 is 0 Å². The first-order valence-electron chi connectivity index (χ1n) is 4.85. The Morgan fingerprint density at radius 2 is 2.21 bits per heavy atom. The summed E-state index contributed by atoms with van der Waals surface area (Å²) in [4.78, 5) is 0. The van der Waals surface area contributed by atoms with Crippen LogP contribution >= 0.6 is 0 Å². The van der Waals surface area contributed by atoms with Gasteiger partial charge in [0.15, 0.2) is 0 Å². The minimum atomic E-state index is -0.392. The molecule has 0 amide bonds. The lowest BCUT2D eigenvalue weighted by Gasteiger charge is -2.15. The van der Waals surface area contributed by atoms with E-state index in [9.17, 15) is 9.50 Å². The lowest BCUT2D eigenvalue weighted by molar-refractivity contribution is 0.160. The highest BCUT2D eigenvalue weighted by molar-refractivity contribution is 5.27. The van der Waals surface area contributed by atoms with Crippen molar-refractivity contribution in [2.24, 2.45) is 0 Å². The molecule has 1 heterocycles. The number of rotatable bonds is 1. The topological polar surface area (TPSA) is 32.3 Å². The van der Waals surface area contributed by atoms with Crippen molar-refractivity contribution in [3.8, 4) is 0 Å². The molecule has 1 aliphatic rings. The first kappa shape index (κ1) is 9.62. The van der Waals surface area contributed by atoms with Crippen molar-refractivity contribution in [3.05, 3.63) is 35.1 Å². The molecule has 0 aromatic heterocycles. The number of nitrogens with one attached hydrogen (secondary N) is 1. The summed E-state index contributed by atoms with van der Waals surface area (Å²) >= 11 is 0. The Morgan fingerprint density at radius 1 is 1.43 bits per heavy atom. The molecule has 76 valence electrons. The molecule has 2 unspecified atom stereocenters. The number of hydrogen-bond donors (Lipinski definition) is 2. The van der Waals surface area contributed by atoms with Crippen molar-refractivity contribution in [1.29, 1.82) is 0 Å². The Bertz CT molecular complexity index is 320. The fourth-order valence-electron chi connectivity index (χ4n) is 1.97. The molecule has 0 bridgehead atoms. The van der Waals surface area contributed by atoms with Gasteiger partial charge in [-0.25, -0.2) is 4.39 Å². The molecule has 2 rings (SSSR count). The van der Waals surface area contributed by atoms with Gasteiger partial charge in [-0.3, -0.25) is 0 Å². The highest BCUT2D eigenvalue weighted by atomic mass is 19.1. The first-order chi connectivity index (χ1) is 6.66. The summed E-state index contributed by atoms with van der Waals surface area (Å²) in [5.74, 6) is -0.235. The second kappa shape index (κ2) is 3.67. The quantitative estimate of drug-likeness (QED) is 0.712. The summed E-state index contributed by atoms with van der Waals surface area (Å²) in [5.41, 5.74) is 1.73. The van der Waals surface area contributed by atoms with E-state index >= 15 is 0 Å². The van der Waals surface area contributed by atoms with Crippen molar-refractivity contribution in [3.63, 3.8) is 0 Å². The summed E-state index contributed by atoms with van der Waals surface area (Å²) in [6, 6.07) is 4.78. The zero-order chi connectivity index (χ0) is 10.1. The molecular formula is C11H14FNO. The SMILES string of the molecule is Cc1cc(F)cc(C2NCCC2O)c1. The molecule has 3 heteroatoms. The standard InChI is InChI=1S/C11H14FNO/c1-7-4-8(6-9(12)5-7)11-10(14)2-3-13-11/h4-6,10-11,13-14H,2-3H2,1H3. The molecule has 1 saturated heterocycles. The summed E-state index contributed by atoms with van der Waals surface area (Å²) in [7, 11) is 0. The van der Waals surface area contributed by atoms with Crippen LogP contribution in [-0.2, 0) is 0 Å². The van der Waals surface area contributed by atoms with Crippen molar-refractivity contribution in [2.45, 2.75) is 25.5 Å². The van der Waals surface area contributed by atoms with Crippen LogP contribution in [0.3, 0.4) is 0 Å². The van der Waals surface area contributed by atoms with Crippen LogP contribution in [0.2, 0.25) is 0 Å². The summed E-state index contributed by atoms with van der Waals surface area (Å²) in [6.45, 7) is 2.65. The maximum atomic E-state index is 13.1. The van der Waals surface area contributed by atoms with Crippen LogP contribution in [0.4, 0.5) is 4.39 Å². The molecule has 0 saturated carbocycles. The molecule has 1 fully saturated rings. The molecule has 1 aliphatic heterocycles. The van der Waals surface area contributed by atoms with Gasteiger partial charge in [0.05, 0.1) is 12.1 Å². The van der Waals surface area contributed by atoms with Gasteiger partial charge in [-0.05, 0) is 43.1 Å². The summed E-state index contributed by atoms with van der Waals surface area (Å²) in [5, 5.41) is 12.8. The molecule has 2 atom stereocenters. The van der Waals surface area contributed by atoms with E-state index in [0.29, 0.717) is 0 Å². The van der Waals surface area contributed by atoms with Crippen LogP contribution in [0.5, 0.6) is 0 Å². The highest BCUT2D eigenvalue weighted by Crippen LogP contribution is 2.24. The maximum absolute atomic E-state index is 13.1. The Hall–Kier alpha value is -0.930. The number of aliphatic hydroxyl groups excluding tert-OH is 1. The molecule has 2 N–H and O–H groups in total. The zero-order valence-electron chi connectivity index (χ0n) is 8.13. The molecule has 1 aromatic carbocycles. The minimum absolute atomic E-state index is 0.107. The van der Waals surface area contributed by atoms with Gasteiger partial charge in [-0.1, -0.05) is 6.07 Å². The highest BCUT2D eigenvalue weighted by Gasteiger charge is 2.26. The third kappa shape index (κ3) is 1.79. The summed E-state index contributed by atoms with van der Waals surface area (Å²) in [6.07, 6.45) is 0.344. The first-order valence-corrected chi connectivity index (χ1v) is 4.85. The van der Waals surface area contributed by atoms with E-state index in [1.807, 2.05) is 13.0 Å². The van der Waals surface area contributed by atoms with E-state index in [0.717, 1.165) is 24.1 Å². The predicted octanol–water partition coefficient (Wildman–Crippen LogP) is 1.53. The van der Waals surface area contributed by atoms with Gasteiger partial charge in [-0.2, -0.15) is 0 Å². The van der Waals surface area contributed by atoms with Gasteiger partial charge in [0, 0.05) is 0 Å². The van der Waals surface area contributed by atoms with E-state index in [2.05, 4.69) is 5.32 Å². The molecule has 0 aliphatic carbocycles. The van der Waals surface area contributed by atoms with Gasteiger partial charge in [0.25, 0.3) is 0 Å². The van der Waals surface area contributed by atoms with Gasteiger partial charge < -0.3 is 10.4 Å². The third-order valence-electron chi connectivity index (χ3n) is 2.61. The number of halogens is 1. The average molecular weight is 195 g/mol. The number of aryl methyl sites for hydroxylation is 1. The van der Waals surface area contributed by atoms with E-state index in [1.165, 1.54) is 12.1 Å². The molecule has 0 radical (unpaired) electrons. The van der Waals surface area contributed by atoms with E-state index in [1.54, 1.807) is 0 Å². The largest absolute Gasteiger partial charge is 0.391 e. The van der Waals surface area contributed by atoms with Crippen LogP contribution in [0.1, 0.15) is 23.6 Å². The van der Waals surface area contributed by atoms with E-state index < -0.39 is 6.10 Å². The fourth-order valence-corrected chi connectivity index (χ4v) is 1.97. The number of hydrogen-bond acceptors (Lipinski definition) is 2. The lowest BCUT2D eigenvalue weighted by Crippen LogP contribution is -2.21. The maximum Gasteiger partial charge on any atom is 0.123 e. The molecule has 14 heavy (non-hydrogen) atoms. The van der Waals surface area contributed by atoms with Crippen LogP contribution in [-0.4, -0.2) is 17.8 Å². The van der Waals surface area contributed by atoms with Crippen molar-refractivity contribution in [2.75, 3.05) is 6.54 Å². The van der Waals surface area contributed by atoms with Gasteiger partial charge in [-0.15, -0.1) is 0 Å². The van der Waals surface area contributed by atoms with Crippen LogP contribution in [0.15, 0.2) is 18.2 Å². The van der Waals surface area contributed by atoms with Crippen molar-refractivity contribution in [1.82, 2.24) is 5.32 Å². The smallest absolute Gasteiger partial charge is 0.123 e. The summed E-state index contributed by atoms with van der Waals surface area (Å²) < 4.78 is 13.1. The Balaban J connectivity index is 2.31. The zero-order valence-corrected chi connectivity index (χ0v) is 8.13. The average Bonchev–Trinajstić information content (AvgIpc) is 2.49. The van der Waals surface area contributed by atoms with E-state index in [4.69, 9.17) is 0 Å². The fraction of sp³-hybridized carbons (Fsp3) is 0.455. The Kier molecular flexibility index (Phi) is 2.52. The van der Waals surface area contributed by atoms with Gasteiger partial charge in [0.1, 0.15) is 5.82 Å². The Morgan fingerprint density at radius 3 is 2.79 bits per heavy atom. The normalized spacial score (nSPS) is 26.8. The van der Waals surface area contributed by atoms with Crippen LogP contribution < -0.4 is 5.32 Å². The molecule has 2 nitrogen and oxygen atoms in total. The Labute approximate surface area is 82.8 Å². The predicted molar refractivity (Wildman–Crippen MR) is 52.5 cm³/mol. The molecule has 0 spiro atoms. The van der Waals surface area contributed by atoms with Crippen molar-refractivity contribution < 1.29 is 9.50 Å². The minimum Gasteiger partial charge on any atom is -0.391 e. The number of aliphatic hydroxyl groups is 1.